The van der Waals surface area contributed by atoms with Crippen molar-refractivity contribution in [2.75, 3.05) is 0 Å². The summed E-state index contributed by atoms with van der Waals surface area (Å²) < 4.78 is 27.2. The van der Waals surface area contributed by atoms with Gasteiger partial charge in [0, 0.05) is 8.04 Å². The maximum atomic E-state index is 12.5. The predicted molar refractivity (Wildman–Crippen MR) is 80.2 cm³/mol. The van der Waals surface area contributed by atoms with E-state index in [1.165, 1.54) is 3.57 Å². The molecule has 2 nitrogen and oxygen atoms in total. The zero-order valence-corrected chi connectivity index (χ0v) is 13.2. The molecule has 2 rings (SSSR count). The van der Waals surface area contributed by atoms with Crippen molar-refractivity contribution in [1.29, 1.82) is 0 Å². The summed E-state index contributed by atoms with van der Waals surface area (Å²) in [6, 6.07) is 11.2. The van der Waals surface area contributed by atoms with E-state index in [1.54, 1.807) is 0 Å². The summed E-state index contributed by atoms with van der Waals surface area (Å²) in [6.45, 7) is 0. The normalized spacial score (nSPS) is 9.47. The molecule has 0 unspecified atom stereocenters. The molecule has 1 N–H and O–H groups in total. The number of halogens is 4. The summed E-state index contributed by atoms with van der Waals surface area (Å²) in [4.78, 5) is 10.2. The Bertz CT molecular complexity index is 552. The van der Waals surface area contributed by atoms with Gasteiger partial charge in [0.15, 0.2) is 11.6 Å². The second kappa shape index (κ2) is 7.54. The van der Waals surface area contributed by atoms with Crippen LogP contribution in [0.1, 0.15) is 10.4 Å². The van der Waals surface area contributed by atoms with Gasteiger partial charge in [-0.2, -0.15) is 0 Å². The Morgan fingerprint density at radius 2 is 1.68 bits per heavy atom. The van der Waals surface area contributed by atoms with Gasteiger partial charge in [0.25, 0.3) is 0 Å². The minimum atomic E-state index is -1.47. The molecule has 0 saturated carbocycles. The molecule has 0 saturated heterocycles. The van der Waals surface area contributed by atoms with Crippen LogP contribution in [0, 0.1) is 15.2 Å². The van der Waals surface area contributed by atoms with Crippen LogP contribution < -0.4 is 0 Å². The highest BCUT2D eigenvalue weighted by Gasteiger charge is 2.12. The Kier molecular flexibility index (Phi) is 6.36. The molecule has 0 radical (unpaired) electrons. The summed E-state index contributed by atoms with van der Waals surface area (Å²) in [6.07, 6.45) is 0. The van der Waals surface area contributed by atoms with E-state index < -0.39 is 23.2 Å². The van der Waals surface area contributed by atoms with Crippen LogP contribution in [0.5, 0.6) is 0 Å². The first-order chi connectivity index (χ1) is 8.91. The van der Waals surface area contributed by atoms with E-state index in [2.05, 4.69) is 50.7 Å². The molecule has 0 spiro atoms. The van der Waals surface area contributed by atoms with E-state index in [0.717, 1.165) is 22.7 Å². The first-order valence-electron chi connectivity index (χ1n) is 5.00. The SMILES string of the molecule is Brc1ccc(I)cc1.O=C(O)c1cccc(F)c1F. The smallest absolute Gasteiger partial charge is 0.338 e. The Morgan fingerprint density at radius 1 is 1.11 bits per heavy atom. The lowest BCUT2D eigenvalue weighted by molar-refractivity contribution is 0.0690. The fourth-order valence-corrected chi connectivity index (χ4v) is 1.72. The van der Waals surface area contributed by atoms with Gasteiger partial charge in [0.05, 0.1) is 5.56 Å². The number of benzene rings is 2. The number of carboxylic acid groups (broad SMARTS) is 1. The number of carboxylic acids is 1. The van der Waals surface area contributed by atoms with Crippen molar-refractivity contribution in [1.82, 2.24) is 0 Å². The molecule has 0 heterocycles. The minimum Gasteiger partial charge on any atom is -0.478 e. The van der Waals surface area contributed by atoms with Crippen LogP contribution in [0.15, 0.2) is 46.9 Å². The molecule has 0 fully saturated rings. The fourth-order valence-electron chi connectivity index (χ4n) is 1.10. The molecule has 100 valence electrons. The quantitative estimate of drug-likeness (QED) is 0.651. The van der Waals surface area contributed by atoms with Gasteiger partial charge < -0.3 is 5.11 Å². The zero-order valence-electron chi connectivity index (χ0n) is 9.41. The minimum absolute atomic E-state index is 0.648. The van der Waals surface area contributed by atoms with Crippen molar-refractivity contribution in [3.05, 3.63) is 67.7 Å². The van der Waals surface area contributed by atoms with Crippen LogP contribution in [-0.2, 0) is 0 Å². The third-order valence-corrected chi connectivity index (χ3v) is 3.23. The van der Waals surface area contributed by atoms with E-state index in [9.17, 15) is 13.6 Å². The second-order valence-corrected chi connectivity index (χ2v) is 5.50. The van der Waals surface area contributed by atoms with Crippen LogP contribution in [0.4, 0.5) is 8.78 Å². The lowest BCUT2D eigenvalue weighted by Crippen LogP contribution is -2.01. The highest BCUT2D eigenvalue weighted by Crippen LogP contribution is 2.11. The van der Waals surface area contributed by atoms with E-state index in [1.807, 2.05) is 12.1 Å². The molecule has 0 aliphatic carbocycles. The van der Waals surface area contributed by atoms with Crippen LogP contribution in [0.25, 0.3) is 0 Å². The third-order valence-electron chi connectivity index (χ3n) is 1.99. The molecule has 0 aromatic heterocycles. The zero-order chi connectivity index (χ0) is 14.4. The van der Waals surface area contributed by atoms with E-state index in [-0.39, 0.29) is 0 Å². The van der Waals surface area contributed by atoms with Crippen LogP contribution in [-0.4, -0.2) is 11.1 Å². The number of hydrogen-bond acceptors (Lipinski definition) is 1. The highest BCUT2D eigenvalue weighted by molar-refractivity contribution is 14.1. The molecule has 2 aromatic carbocycles. The van der Waals surface area contributed by atoms with Crippen molar-refractivity contribution in [3.63, 3.8) is 0 Å². The third kappa shape index (κ3) is 5.23. The van der Waals surface area contributed by atoms with Crippen molar-refractivity contribution >= 4 is 44.5 Å². The van der Waals surface area contributed by atoms with Crippen LogP contribution in [0.2, 0.25) is 0 Å². The summed E-state index contributed by atoms with van der Waals surface area (Å²) in [5.41, 5.74) is -0.648. The molecule has 2 aromatic rings. The van der Waals surface area contributed by atoms with Gasteiger partial charge in [-0.05, 0) is 59.0 Å². The van der Waals surface area contributed by atoms with Gasteiger partial charge in [-0.15, -0.1) is 0 Å². The summed E-state index contributed by atoms with van der Waals surface area (Å²) >= 11 is 5.62. The maximum Gasteiger partial charge on any atom is 0.338 e. The summed E-state index contributed by atoms with van der Waals surface area (Å²) in [5, 5.41) is 8.28. The average Bonchev–Trinajstić information content (AvgIpc) is 2.37. The van der Waals surface area contributed by atoms with Gasteiger partial charge in [0.1, 0.15) is 0 Å². The van der Waals surface area contributed by atoms with E-state index >= 15 is 0 Å². The van der Waals surface area contributed by atoms with Crippen molar-refractivity contribution < 1.29 is 18.7 Å². The lowest BCUT2D eigenvalue weighted by Gasteiger charge is -1.95. The maximum absolute atomic E-state index is 12.5. The molecule has 0 bridgehead atoms. The topological polar surface area (TPSA) is 37.3 Å². The van der Waals surface area contributed by atoms with Gasteiger partial charge >= 0.3 is 5.97 Å². The molecule has 0 atom stereocenters. The van der Waals surface area contributed by atoms with E-state index in [4.69, 9.17) is 5.11 Å². The van der Waals surface area contributed by atoms with E-state index in [0.29, 0.717) is 0 Å². The Morgan fingerprint density at radius 3 is 2.11 bits per heavy atom. The first-order valence-corrected chi connectivity index (χ1v) is 6.87. The molecule has 6 heteroatoms. The number of hydrogen-bond donors (Lipinski definition) is 1. The number of rotatable bonds is 1. The molecule has 0 aliphatic heterocycles. The molecule has 19 heavy (non-hydrogen) atoms. The standard InChI is InChI=1S/C7H4F2O2.C6H4BrI/c8-5-3-1-2-4(6(5)9)7(10)11;7-5-1-3-6(8)4-2-5/h1-3H,(H,10,11);1-4H. The largest absolute Gasteiger partial charge is 0.478 e. The summed E-state index contributed by atoms with van der Waals surface area (Å²) in [5.74, 6) is -3.94. The van der Waals surface area contributed by atoms with Crippen LogP contribution in [0.3, 0.4) is 0 Å². The van der Waals surface area contributed by atoms with Gasteiger partial charge in [-0.25, -0.2) is 13.6 Å². The average molecular weight is 441 g/mol. The monoisotopic (exact) mass is 440 g/mol. The van der Waals surface area contributed by atoms with Crippen molar-refractivity contribution in [2.24, 2.45) is 0 Å². The highest BCUT2D eigenvalue weighted by atomic mass is 127. The number of carbonyl (C=O) groups is 1. The van der Waals surface area contributed by atoms with Crippen molar-refractivity contribution in [2.45, 2.75) is 0 Å². The molecular formula is C13H8BrF2IO2. The fraction of sp³-hybridized carbons (Fsp3) is 0. The molecule has 0 amide bonds. The first kappa shape index (κ1) is 16.0. The summed E-state index contributed by atoms with van der Waals surface area (Å²) in [7, 11) is 0. The van der Waals surface area contributed by atoms with Gasteiger partial charge in [0.2, 0.25) is 0 Å². The Balaban J connectivity index is 0.000000200. The van der Waals surface area contributed by atoms with Crippen LogP contribution >= 0.6 is 38.5 Å². The Hall–Kier alpha value is -1.02. The van der Waals surface area contributed by atoms with Gasteiger partial charge in [-0.3, -0.25) is 0 Å². The Labute approximate surface area is 130 Å². The van der Waals surface area contributed by atoms with Crippen molar-refractivity contribution in [3.8, 4) is 0 Å². The molecular weight excluding hydrogens is 433 g/mol. The second-order valence-electron chi connectivity index (χ2n) is 3.34. The predicted octanol–water partition coefficient (Wildman–Crippen LogP) is 4.72. The lowest BCUT2D eigenvalue weighted by atomic mass is 10.2. The van der Waals surface area contributed by atoms with Gasteiger partial charge in [-0.1, -0.05) is 22.0 Å². The number of aromatic carboxylic acids is 1. The molecule has 0 aliphatic rings.